The Bertz CT molecular complexity index is 1020. The summed E-state index contributed by atoms with van der Waals surface area (Å²) in [5.74, 6) is 1.31. The summed E-state index contributed by atoms with van der Waals surface area (Å²) < 4.78 is 17.8. The topological polar surface area (TPSA) is 61.3 Å². The second-order valence-corrected chi connectivity index (χ2v) is 12.6. The van der Waals surface area contributed by atoms with Crippen LogP contribution in [0.5, 0.6) is 0 Å². The van der Waals surface area contributed by atoms with Crippen LogP contribution in [0.4, 0.5) is 0 Å². The van der Waals surface area contributed by atoms with Crippen LogP contribution in [0.25, 0.3) is 0 Å². The molecule has 0 unspecified atom stereocenters. The van der Waals surface area contributed by atoms with E-state index < -0.39 is 8.32 Å². The third kappa shape index (κ3) is 4.01. The summed E-state index contributed by atoms with van der Waals surface area (Å²) >= 11 is 0. The van der Waals surface area contributed by atoms with Crippen LogP contribution in [-0.4, -0.2) is 18.3 Å². The van der Waals surface area contributed by atoms with Crippen molar-refractivity contribution in [2.24, 2.45) is 0 Å². The van der Waals surface area contributed by atoms with Gasteiger partial charge in [-0.1, -0.05) is 81.4 Å². The second kappa shape index (κ2) is 8.42. The van der Waals surface area contributed by atoms with Gasteiger partial charge in [-0.25, -0.2) is 9.97 Å². The third-order valence-corrected chi connectivity index (χ3v) is 10.2. The zero-order valence-electron chi connectivity index (χ0n) is 17.5. The lowest BCUT2D eigenvalue weighted by Crippen LogP contribution is -2.66. The van der Waals surface area contributed by atoms with E-state index in [2.05, 4.69) is 79.3 Å². The van der Waals surface area contributed by atoms with Crippen molar-refractivity contribution in [2.45, 2.75) is 38.8 Å². The highest BCUT2D eigenvalue weighted by Crippen LogP contribution is 2.37. The predicted octanol–water partition coefficient (Wildman–Crippen LogP) is 4.33. The Morgan fingerprint density at radius 3 is 2.07 bits per heavy atom. The highest BCUT2D eigenvalue weighted by molar-refractivity contribution is 6.99. The van der Waals surface area contributed by atoms with Crippen molar-refractivity contribution in [3.63, 3.8) is 0 Å². The van der Waals surface area contributed by atoms with Crippen molar-refractivity contribution in [1.29, 1.82) is 0 Å². The molecule has 4 rings (SSSR count). The number of aromatic nitrogens is 2. The largest absolute Gasteiger partial charge is 0.448 e. The SMILES string of the molecule is CC(C)(C)[Si](OCc1coc(Cc2cnco2)n1)(c1ccccc1)c1ccccc1. The maximum atomic E-state index is 6.88. The minimum atomic E-state index is -2.60. The summed E-state index contributed by atoms with van der Waals surface area (Å²) in [5.41, 5.74) is 0.775. The van der Waals surface area contributed by atoms with Gasteiger partial charge in [0.25, 0.3) is 8.32 Å². The zero-order chi connectivity index (χ0) is 21.0. The maximum absolute atomic E-state index is 6.88. The summed E-state index contributed by atoms with van der Waals surface area (Å²) in [4.78, 5) is 8.53. The number of oxazole rings is 2. The fourth-order valence-electron chi connectivity index (χ4n) is 3.92. The van der Waals surface area contributed by atoms with Gasteiger partial charge < -0.3 is 13.3 Å². The second-order valence-electron chi connectivity index (χ2n) is 8.33. The van der Waals surface area contributed by atoms with Gasteiger partial charge in [-0.15, -0.1) is 0 Å². The number of hydrogen-bond acceptors (Lipinski definition) is 5. The van der Waals surface area contributed by atoms with E-state index in [1.165, 1.54) is 16.8 Å². The summed E-state index contributed by atoms with van der Waals surface area (Å²) in [6, 6.07) is 21.2. The van der Waals surface area contributed by atoms with Crippen molar-refractivity contribution in [2.75, 3.05) is 0 Å². The molecule has 0 amide bonds. The van der Waals surface area contributed by atoms with Crippen LogP contribution in [0.2, 0.25) is 5.04 Å². The van der Waals surface area contributed by atoms with Crippen molar-refractivity contribution in [3.05, 3.63) is 96.9 Å². The molecule has 0 bridgehead atoms. The van der Waals surface area contributed by atoms with E-state index in [0.717, 1.165) is 11.5 Å². The Kier molecular flexibility index (Phi) is 5.70. The molecule has 0 aliphatic heterocycles. The van der Waals surface area contributed by atoms with E-state index in [0.29, 0.717) is 18.9 Å². The molecule has 4 aromatic rings. The van der Waals surface area contributed by atoms with Gasteiger partial charge in [0.05, 0.1) is 19.2 Å². The monoisotopic (exact) mass is 418 g/mol. The molecule has 6 heteroatoms. The average molecular weight is 419 g/mol. The molecule has 0 radical (unpaired) electrons. The van der Waals surface area contributed by atoms with Crippen LogP contribution in [-0.2, 0) is 17.5 Å². The van der Waals surface area contributed by atoms with E-state index in [4.69, 9.17) is 13.3 Å². The average Bonchev–Trinajstić information content (AvgIpc) is 3.42. The molecule has 30 heavy (non-hydrogen) atoms. The molecule has 2 aromatic heterocycles. The molecular weight excluding hydrogens is 392 g/mol. The summed E-state index contributed by atoms with van der Waals surface area (Å²) in [5, 5.41) is 2.41. The first kappa shape index (κ1) is 20.3. The molecule has 0 spiro atoms. The lowest BCUT2D eigenvalue weighted by molar-refractivity contribution is 0.281. The Morgan fingerprint density at radius 1 is 0.900 bits per heavy atom. The van der Waals surface area contributed by atoms with Gasteiger partial charge in [-0.3, -0.25) is 0 Å². The fraction of sp³-hybridized carbons (Fsp3) is 0.250. The van der Waals surface area contributed by atoms with Crippen molar-refractivity contribution in [3.8, 4) is 0 Å². The molecule has 0 aliphatic rings. The van der Waals surface area contributed by atoms with Crippen LogP contribution in [0, 0.1) is 0 Å². The van der Waals surface area contributed by atoms with Gasteiger partial charge in [-0.2, -0.15) is 0 Å². The molecule has 0 aliphatic carbocycles. The molecule has 0 saturated carbocycles. The summed E-state index contributed by atoms with van der Waals surface area (Å²) in [6.45, 7) is 7.17. The number of hydrogen-bond donors (Lipinski definition) is 0. The van der Waals surface area contributed by atoms with Crippen LogP contribution < -0.4 is 10.4 Å². The molecule has 2 aromatic carbocycles. The lowest BCUT2D eigenvalue weighted by atomic mass is 10.2. The Morgan fingerprint density at radius 2 is 1.53 bits per heavy atom. The van der Waals surface area contributed by atoms with Gasteiger partial charge in [0, 0.05) is 0 Å². The summed E-state index contributed by atoms with van der Waals surface area (Å²) in [7, 11) is -2.60. The van der Waals surface area contributed by atoms with Gasteiger partial charge in [-0.05, 0) is 15.4 Å². The van der Waals surface area contributed by atoms with Gasteiger partial charge in [0.15, 0.2) is 6.39 Å². The van der Waals surface area contributed by atoms with Crippen LogP contribution in [0.15, 0.2) is 88.4 Å². The molecule has 0 N–H and O–H groups in total. The van der Waals surface area contributed by atoms with E-state index >= 15 is 0 Å². The van der Waals surface area contributed by atoms with Crippen molar-refractivity contribution < 1.29 is 13.3 Å². The normalized spacial score (nSPS) is 12.2. The fourth-order valence-corrected chi connectivity index (χ4v) is 8.44. The molecule has 0 saturated heterocycles. The van der Waals surface area contributed by atoms with Crippen LogP contribution in [0.3, 0.4) is 0 Å². The number of rotatable bonds is 7. The van der Waals surface area contributed by atoms with E-state index in [9.17, 15) is 0 Å². The molecule has 5 nitrogen and oxygen atoms in total. The number of nitrogens with zero attached hydrogens (tertiary/aromatic N) is 2. The van der Waals surface area contributed by atoms with Gasteiger partial charge in [0.2, 0.25) is 5.89 Å². The van der Waals surface area contributed by atoms with Crippen molar-refractivity contribution in [1.82, 2.24) is 9.97 Å². The first-order chi connectivity index (χ1) is 14.5. The van der Waals surface area contributed by atoms with E-state index in [1.54, 1.807) is 12.5 Å². The minimum absolute atomic E-state index is 0.0812. The number of benzene rings is 2. The molecule has 0 fully saturated rings. The summed E-state index contributed by atoms with van der Waals surface area (Å²) in [6.07, 6.45) is 5.22. The third-order valence-electron chi connectivity index (χ3n) is 5.26. The molecule has 2 heterocycles. The maximum Gasteiger partial charge on any atom is 0.261 e. The Labute approximate surface area is 177 Å². The molecule has 154 valence electrons. The quantitative estimate of drug-likeness (QED) is 0.418. The molecular formula is C24H26N2O3Si. The first-order valence-corrected chi connectivity index (χ1v) is 12.0. The Balaban J connectivity index is 1.66. The van der Waals surface area contributed by atoms with Gasteiger partial charge >= 0.3 is 0 Å². The predicted molar refractivity (Wildman–Crippen MR) is 118 cm³/mol. The highest BCUT2D eigenvalue weighted by atomic mass is 28.4. The van der Waals surface area contributed by atoms with E-state index in [1.807, 2.05) is 12.1 Å². The Hall–Kier alpha value is -2.96. The lowest BCUT2D eigenvalue weighted by Gasteiger charge is -2.42. The smallest absolute Gasteiger partial charge is 0.261 e. The van der Waals surface area contributed by atoms with Crippen LogP contribution in [0.1, 0.15) is 38.1 Å². The minimum Gasteiger partial charge on any atom is -0.448 e. The zero-order valence-corrected chi connectivity index (χ0v) is 18.5. The molecule has 0 atom stereocenters. The van der Waals surface area contributed by atoms with E-state index in [-0.39, 0.29) is 5.04 Å². The standard InChI is InChI=1S/C24H26N2O3Si/c1-24(2,3)30(21-10-6-4-7-11-21,22-12-8-5-9-13-22)29-17-19-16-27-23(26-19)14-20-15-25-18-28-20/h4-13,15-16,18H,14,17H2,1-3H3. The van der Waals surface area contributed by atoms with Crippen LogP contribution >= 0.6 is 0 Å². The van der Waals surface area contributed by atoms with Gasteiger partial charge in [0.1, 0.15) is 17.7 Å². The first-order valence-electron chi connectivity index (χ1n) is 10.0. The van der Waals surface area contributed by atoms with Crippen molar-refractivity contribution >= 4 is 18.7 Å². The highest BCUT2D eigenvalue weighted by Gasteiger charge is 2.50.